The molecule has 0 aliphatic carbocycles. The van der Waals surface area contributed by atoms with Gasteiger partial charge in [0.05, 0.1) is 24.3 Å². The molecule has 2 rings (SSSR count). The van der Waals surface area contributed by atoms with Crippen LogP contribution in [-0.2, 0) is 0 Å². The van der Waals surface area contributed by atoms with Crippen LogP contribution in [0, 0.1) is 0 Å². The molecule has 1 aliphatic heterocycles. The van der Waals surface area contributed by atoms with Crippen LogP contribution in [0.4, 0.5) is 11.4 Å². The molecule has 5 nitrogen and oxygen atoms in total. The van der Waals surface area contributed by atoms with Gasteiger partial charge < -0.3 is 21.5 Å². The van der Waals surface area contributed by atoms with Gasteiger partial charge in [-0.05, 0) is 24.6 Å². The molecule has 1 heterocycles. The molecule has 1 saturated heterocycles. The Morgan fingerprint density at radius 1 is 1.44 bits per heavy atom. The van der Waals surface area contributed by atoms with Crippen LogP contribution in [0.5, 0.6) is 0 Å². The molecular weight excluding hydrogens is 230 g/mol. The Labute approximate surface area is 106 Å². The summed E-state index contributed by atoms with van der Waals surface area (Å²) >= 11 is 0. The summed E-state index contributed by atoms with van der Waals surface area (Å²) < 4.78 is 0. The van der Waals surface area contributed by atoms with E-state index in [0.717, 1.165) is 6.42 Å². The molecule has 5 heteroatoms. The van der Waals surface area contributed by atoms with Crippen LogP contribution in [0.2, 0.25) is 0 Å². The molecule has 5 N–H and O–H groups in total. The Kier molecular flexibility index (Phi) is 3.17. The van der Waals surface area contributed by atoms with Crippen molar-refractivity contribution in [3.05, 3.63) is 23.8 Å². The molecule has 0 aromatic heterocycles. The first-order chi connectivity index (χ1) is 8.45. The van der Waals surface area contributed by atoms with Gasteiger partial charge in [0.2, 0.25) is 0 Å². The van der Waals surface area contributed by atoms with E-state index in [9.17, 15) is 9.90 Å². The van der Waals surface area contributed by atoms with E-state index in [2.05, 4.69) is 0 Å². The second kappa shape index (κ2) is 4.49. The fourth-order valence-electron chi connectivity index (χ4n) is 2.38. The van der Waals surface area contributed by atoms with Gasteiger partial charge in [-0.15, -0.1) is 0 Å². The van der Waals surface area contributed by atoms with E-state index in [-0.39, 0.29) is 5.91 Å². The predicted molar refractivity (Wildman–Crippen MR) is 71.0 cm³/mol. The van der Waals surface area contributed by atoms with Gasteiger partial charge in [0.1, 0.15) is 0 Å². The first-order valence-electron chi connectivity index (χ1n) is 6.12. The Morgan fingerprint density at radius 3 is 2.67 bits per heavy atom. The number of aliphatic hydroxyl groups is 1. The topological polar surface area (TPSA) is 92.6 Å². The maximum Gasteiger partial charge on any atom is 0.256 e. The molecule has 1 aromatic rings. The number of benzene rings is 1. The van der Waals surface area contributed by atoms with Gasteiger partial charge in [-0.2, -0.15) is 0 Å². The van der Waals surface area contributed by atoms with Crippen molar-refractivity contribution in [2.24, 2.45) is 0 Å². The maximum absolute atomic E-state index is 12.1. The summed E-state index contributed by atoms with van der Waals surface area (Å²) in [7, 11) is 0. The van der Waals surface area contributed by atoms with Crippen molar-refractivity contribution in [1.82, 2.24) is 4.90 Å². The van der Waals surface area contributed by atoms with Crippen molar-refractivity contribution in [2.45, 2.75) is 25.4 Å². The smallest absolute Gasteiger partial charge is 0.256 e. The maximum atomic E-state index is 12.1. The molecule has 0 bridgehead atoms. The SMILES string of the molecule is CCCC1(O)CN(C(=O)c2ccc(N)cc2N)C1. The minimum Gasteiger partial charge on any atom is -0.399 e. The fourth-order valence-corrected chi connectivity index (χ4v) is 2.38. The van der Waals surface area contributed by atoms with E-state index in [1.165, 1.54) is 0 Å². The third-order valence-corrected chi connectivity index (χ3v) is 3.28. The molecule has 1 aromatic carbocycles. The largest absolute Gasteiger partial charge is 0.399 e. The van der Waals surface area contributed by atoms with Crippen LogP contribution in [0.3, 0.4) is 0 Å². The van der Waals surface area contributed by atoms with E-state index in [1.54, 1.807) is 23.1 Å². The fraction of sp³-hybridized carbons (Fsp3) is 0.462. The number of nitrogens with zero attached hydrogens (tertiary/aromatic N) is 1. The summed E-state index contributed by atoms with van der Waals surface area (Å²) in [6.45, 7) is 2.77. The highest BCUT2D eigenvalue weighted by Crippen LogP contribution is 2.28. The molecule has 0 spiro atoms. The van der Waals surface area contributed by atoms with E-state index in [4.69, 9.17) is 11.5 Å². The van der Waals surface area contributed by atoms with Gasteiger partial charge in [0.15, 0.2) is 0 Å². The number of β-amino-alcohol motifs (C(OH)–C–C–N with tert-alkyl or cyclic N) is 1. The highest BCUT2D eigenvalue weighted by molar-refractivity contribution is 6.00. The second-order valence-electron chi connectivity index (χ2n) is 4.98. The number of carbonyl (C=O) groups is 1. The molecule has 1 fully saturated rings. The van der Waals surface area contributed by atoms with Crippen molar-refractivity contribution < 1.29 is 9.90 Å². The average Bonchev–Trinajstić information content (AvgIpc) is 2.25. The van der Waals surface area contributed by atoms with Crippen LogP contribution in [0.15, 0.2) is 18.2 Å². The Balaban J connectivity index is 2.06. The third kappa shape index (κ3) is 2.26. The molecular formula is C13H19N3O2. The molecule has 98 valence electrons. The zero-order valence-electron chi connectivity index (χ0n) is 10.5. The minimum absolute atomic E-state index is 0.145. The molecule has 1 aliphatic rings. The van der Waals surface area contributed by atoms with Gasteiger partial charge in [-0.3, -0.25) is 4.79 Å². The first kappa shape index (κ1) is 12.7. The normalized spacial score (nSPS) is 17.3. The molecule has 0 radical (unpaired) electrons. The number of rotatable bonds is 3. The number of carbonyl (C=O) groups excluding carboxylic acids is 1. The number of anilines is 2. The summed E-state index contributed by atoms with van der Waals surface area (Å²) in [5.74, 6) is -0.145. The van der Waals surface area contributed by atoms with Gasteiger partial charge in [-0.25, -0.2) is 0 Å². The minimum atomic E-state index is -0.715. The predicted octanol–water partition coefficient (Wildman–Crippen LogP) is 0.838. The molecule has 0 saturated carbocycles. The lowest BCUT2D eigenvalue weighted by molar-refractivity contribution is -0.0859. The van der Waals surface area contributed by atoms with Crippen molar-refractivity contribution in [3.8, 4) is 0 Å². The zero-order valence-corrected chi connectivity index (χ0v) is 10.5. The van der Waals surface area contributed by atoms with Gasteiger partial charge >= 0.3 is 0 Å². The second-order valence-corrected chi connectivity index (χ2v) is 4.98. The molecule has 0 atom stereocenters. The first-order valence-corrected chi connectivity index (χ1v) is 6.12. The summed E-state index contributed by atoms with van der Waals surface area (Å²) in [4.78, 5) is 13.8. The monoisotopic (exact) mass is 249 g/mol. The van der Waals surface area contributed by atoms with E-state index in [0.29, 0.717) is 36.4 Å². The molecule has 18 heavy (non-hydrogen) atoms. The Hall–Kier alpha value is -1.75. The number of likely N-dealkylation sites (tertiary alicyclic amines) is 1. The number of hydrogen-bond acceptors (Lipinski definition) is 4. The summed E-state index contributed by atoms with van der Waals surface area (Å²) in [5.41, 5.74) is 12.0. The zero-order chi connectivity index (χ0) is 13.3. The van der Waals surface area contributed by atoms with Crippen LogP contribution >= 0.6 is 0 Å². The third-order valence-electron chi connectivity index (χ3n) is 3.28. The molecule has 0 unspecified atom stereocenters. The van der Waals surface area contributed by atoms with E-state index in [1.807, 2.05) is 6.92 Å². The van der Waals surface area contributed by atoms with Crippen molar-refractivity contribution in [3.63, 3.8) is 0 Å². The quantitative estimate of drug-likeness (QED) is 0.692. The lowest BCUT2D eigenvalue weighted by atomic mass is 9.88. The standard InChI is InChI=1S/C13H19N3O2/c1-2-5-13(18)7-16(8-13)12(17)10-4-3-9(14)6-11(10)15/h3-4,6,18H,2,5,7-8,14-15H2,1H3. The lowest BCUT2D eigenvalue weighted by Crippen LogP contribution is -2.63. The van der Waals surface area contributed by atoms with Crippen LogP contribution in [-0.4, -0.2) is 34.6 Å². The summed E-state index contributed by atoms with van der Waals surface area (Å²) in [5, 5.41) is 10.0. The number of nitrogens with two attached hydrogens (primary N) is 2. The summed E-state index contributed by atoms with van der Waals surface area (Å²) in [6.07, 6.45) is 1.62. The van der Waals surface area contributed by atoms with Crippen molar-refractivity contribution in [1.29, 1.82) is 0 Å². The lowest BCUT2D eigenvalue weighted by Gasteiger charge is -2.46. The Morgan fingerprint density at radius 2 is 2.11 bits per heavy atom. The van der Waals surface area contributed by atoms with Gasteiger partial charge in [0, 0.05) is 11.4 Å². The van der Waals surface area contributed by atoms with Crippen molar-refractivity contribution >= 4 is 17.3 Å². The average molecular weight is 249 g/mol. The number of amides is 1. The van der Waals surface area contributed by atoms with E-state index < -0.39 is 5.60 Å². The summed E-state index contributed by atoms with van der Waals surface area (Å²) in [6, 6.07) is 4.86. The van der Waals surface area contributed by atoms with Gasteiger partial charge in [0.25, 0.3) is 5.91 Å². The van der Waals surface area contributed by atoms with Crippen molar-refractivity contribution in [2.75, 3.05) is 24.6 Å². The number of nitrogen functional groups attached to an aromatic ring is 2. The van der Waals surface area contributed by atoms with Crippen LogP contribution < -0.4 is 11.5 Å². The highest BCUT2D eigenvalue weighted by Gasteiger charge is 2.43. The van der Waals surface area contributed by atoms with Crippen LogP contribution in [0.25, 0.3) is 0 Å². The van der Waals surface area contributed by atoms with E-state index >= 15 is 0 Å². The Bertz CT molecular complexity index is 467. The molecule has 1 amide bonds. The van der Waals surface area contributed by atoms with Gasteiger partial charge in [-0.1, -0.05) is 13.3 Å². The highest BCUT2D eigenvalue weighted by atomic mass is 16.3. The van der Waals surface area contributed by atoms with Crippen LogP contribution in [0.1, 0.15) is 30.1 Å². The number of hydrogen-bond donors (Lipinski definition) is 3.